The number of aromatic nitrogens is 1. The van der Waals surface area contributed by atoms with Crippen LogP contribution in [0, 0.1) is 0 Å². The molecule has 0 bridgehead atoms. The maximum absolute atomic E-state index is 4.69. The molecular weight excluding hydrogens is 256 g/mol. The van der Waals surface area contributed by atoms with Crippen LogP contribution in [-0.4, -0.2) is 11.0 Å². The number of hydrogen-bond acceptors (Lipinski definition) is 2. The first-order valence-corrected chi connectivity index (χ1v) is 7.43. The molecule has 0 spiro atoms. The summed E-state index contributed by atoms with van der Waals surface area (Å²) in [7, 11) is 0. The van der Waals surface area contributed by atoms with Crippen LogP contribution in [0.2, 0.25) is 0 Å². The third-order valence-electron chi connectivity index (χ3n) is 3.67. The van der Waals surface area contributed by atoms with E-state index in [2.05, 4.69) is 66.8 Å². The summed E-state index contributed by atoms with van der Waals surface area (Å²) in [5.41, 5.74) is 3.52. The van der Waals surface area contributed by atoms with Gasteiger partial charge in [0.1, 0.15) is 0 Å². The van der Waals surface area contributed by atoms with Gasteiger partial charge in [-0.15, -0.1) is 0 Å². The minimum Gasteiger partial charge on any atom is -0.308 e. The van der Waals surface area contributed by atoms with E-state index in [0.717, 1.165) is 24.2 Å². The molecule has 106 valence electrons. The molecule has 0 aliphatic carbocycles. The molecule has 0 saturated carbocycles. The van der Waals surface area contributed by atoms with Crippen molar-refractivity contribution in [1.29, 1.82) is 0 Å². The highest BCUT2D eigenvalue weighted by Gasteiger charge is 2.04. The van der Waals surface area contributed by atoms with Crippen LogP contribution in [0.25, 0.3) is 10.9 Å². The zero-order valence-electron chi connectivity index (χ0n) is 12.3. The van der Waals surface area contributed by atoms with E-state index in [9.17, 15) is 0 Å². The van der Waals surface area contributed by atoms with Gasteiger partial charge >= 0.3 is 0 Å². The summed E-state index contributed by atoms with van der Waals surface area (Å²) < 4.78 is 0. The Balaban J connectivity index is 1.60. The number of pyridine rings is 1. The van der Waals surface area contributed by atoms with Gasteiger partial charge in [-0.05, 0) is 31.0 Å². The van der Waals surface area contributed by atoms with Crippen molar-refractivity contribution in [1.82, 2.24) is 10.3 Å². The summed E-state index contributed by atoms with van der Waals surface area (Å²) in [5.74, 6) is 0. The Bertz CT molecular complexity index is 707. The Morgan fingerprint density at radius 1 is 0.905 bits per heavy atom. The van der Waals surface area contributed by atoms with Crippen LogP contribution >= 0.6 is 0 Å². The molecule has 21 heavy (non-hydrogen) atoms. The van der Waals surface area contributed by atoms with Gasteiger partial charge in [0.2, 0.25) is 0 Å². The molecule has 0 radical (unpaired) electrons. The van der Waals surface area contributed by atoms with E-state index in [1.807, 2.05) is 12.1 Å². The fourth-order valence-corrected chi connectivity index (χ4v) is 2.53. The molecule has 2 nitrogen and oxygen atoms in total. The molecule has 0 aliphatic heterocycles. The zero-order valence-corrected chi connectivity index (χ0v) is 12.3. The van der Waals surface area contributed by atoms with Crippen molar-refractivity contribution in [3.05, 3.63) is 78.0 Å². The Labute approximate surface area is 125 Å². The van der Waals surface area contributed by atoms with Gasteiger partial charge in [-0.2, -0.15) is 0 Å². The Hall–Kier alpha value is -2.19. The maximum atomic E-state index is 4.69. The summed E-state index contributed by atoms with van der Waals surface area (Å²) in [6, 6.07) is 23.5. The Morgan fingerprint density at radius 2 is 1.67 bits per heavy atom. The van der Waals surface area contributed by atoms with Gasteiger partial charge in [0, 0.05) is 18.0 Å². The standard InChI is InChI=1S/C19H20N2/c1-15(13-16-7-3-2-4-8-16)20-14-18-12-11-17-9-5-6-10-19(17)21-18/h2-12,15,20H,13-14H2,1H3/t15-/m1/s1. The molecular formula is C19H20N2. The fraction of sp³-hybridized carbons (Fsp3) is 0.211. The summed E-state index contributed by atoms with van der Waals surface area (Å²) in [6.45, 7) is 3.02. The highest BCUT2D eigenvalue weighted by Crippen LogP contribution is 2.12. The monoisotopic (exact) mass is 276 g/mol. The second kappa shape index (κ2) is 6.51. The van der Waals surface area contributed by atoms with Crippen molar-refractivity contribution in [2.24, 2.45) is 0 Å². The van der Waals surface area contributed by atoms with Gasteiger partial charge in [0.25, 0.3) is 0 Å². The molecule has 3 rings (SSSR count). The highest BCUT2D eigenvalue weighted by molar-refractivity contribution is 5.78. The lowest BCUT2D eigenvalue weighted by Gasteiger charge is -2.13. The van der Waals surface area contributed by atoms with E-state index in [-0.39, 0.29) is 0 Å². The normalized spacial score (nSPS) is 12.4. The largest absolute Gasteiger partial charge is 0.308 e. The van der Waals surface area contributed by atoms with Crippen molar-refractivity contribution in [2.75, 3.05) is 0 Å². The van der Waals surface area contributed by atoms with Gasteiger partial charge in [-0.25, -0.2) is 0 Å². The van der Waals surface area contributed by atoms with Crippen LogP contribution in [0.5, 0.6) is 0 Å². The van der Waals surface area contributed by atoms with Gasteiger partial charge in [-0.1, -0.05) is 54.6 Å². The van der Waals surface area contributed by atoms with Crippen molar-refractivity contribution in [3.8, 4) is 0 Å². The number of benzene rings is 2. The summed E-state index contributed by atoms with van der Waals surface area (Å²) >= 11 is 0. The third-order valence-corrected chi connectivity index (χ3v) is 3.67. The number of nitrogens with zero attached hydrogens (tertiary/aromatic N) is 1. The van der Waals surface area contributed by atoms with Gasteiger partial charge < -0.3 is 5.32 Å². The number of hydrogen-bond donors (Lipinski definition) is 1. The molecule has 0 unspecified atom stereocenters. The predicted molar refractivity (Wildman–Crippen MR) is 88.2 cm³/mol. The van der Waals surface area contributed by atoms with E-state index < -0.39 is 0 Å². The second-order valence-corrected chi connectivity index (χ2v) is 5.47. The molecule has 2 heteroatoms. The molecule has 0 aliphatic rings. The molecule has 2 aromatic carbocycles. The van der Waals surface area contributed by atoms with Crippen LogP contribution < -0.4 is 5.32 Å². The molecule has 1 atom stereocenters. The minimum atomic E-state index is 0.431. The first-order chi connectivity index (χ1) is 10.3. The smallest absolute Gasteiger partial charge is 0.0705 e. The van der Waals surface area contributed by atoms with Crippen LogP contribution in [0.3, 0.4) is 0 Å². The van der Waals surface area contributed by atoms with E-state index in [1.165, 1.54) is 10.9 Å². The summed E-state index contributed by atoms with van der Waals surface area (Å²) in [5, 5.41) is 4.74. The average molecular weight is 276 g/mol. The Morgan fingerprint density at radius 3 is 2.52 bits per heavy atom. The lowest BCUT2D eigenvalue weighted by Crippen LogP contribution is -2.27. The van der Waals surface area contributed by atoms with Crippen molar-refractivity contribution in [3.63, 3.8) is 0 Å². The molecule has 3 aromatic rings. The van der Waals surface area contributed by atoms with Gasteiger partial charge in [-0.3, -0.25) is 4.98 Å². The van der Waals surface area contributed by atoms with E-state index in [0.29, 0.717) is 6.04 Å². The predicted octanol–water partition coefficient (Wildman–Crippen LogP) is 3.96. The quantitative estimate of drug-likeness (QED) is 0.763. The molecule has 0 fully saturated rings. The molecule has 0 amide bonds. The van der Waals surface area contributed by atoms with Crippen LogP contribution in [0.4, 0.5) is 0 Å². The summed E-state index contributed by atoms with van der Waals surface area (Å²) in [6.07, 6.45) is 1.04. The van der Waals surface area contributed by atoms with Crippen molar-refractivity contribution >= 4 is 10.9 Å². The highest BCUT2D eigenvalue weighted by atomic mass is 14.9. The topological polar surface area (TPSA) is 24.9 Å². The first kappa shape index (κ1) is 13.8. The molecule has 0 saturated heterocycles. The van der Waals surface area contributed by atoms with Crippen molar-refractivity contribution < 1.29 is 0 Å². The van der Waals surface area contributed by atoms with Crippen LogP contribution in [-0.2, 0) is 13.0 Å². The van der Waals surface area contributed by atoms with Crippen LogP contribution in [0.1, 0.15) is 18.2 Å². The SMILES string of the molecule is C[C@H](Cc1ccccc1)NCc1ccc2ccccc2n1. The first-order valence-electron chi connectivity index (χ1n) is 7.43. The van der Waals surface area contributed by atoms with E-state index in [1.54, 1.807) is 0 Å². The number of rotatable bonds is 5. The zero-order chi connectivity index (χ0) is 14.5. The van der Waals surface area contributed by atoms with Gasteiger partial charge in [0.15, 0.2) is 0 Å². The lowest BCUT2D eigenvalue weighted by molar-refractivity contribution is 0.540. The summed E-state index contributed by atoms with van der Waals surface area (Å²) in [4.78, 5) is 4.69. The van der Waals surface area contributed by atoms with Gasteiger partial charge in [0.05, 0.1) is 11.2 Å². The van der Waals surface area contributed by atoms with E-state index >= 15 is 0 Å². The maximum Gasteiger partial charge on any atom is 0.0705 e. The van der Waals surface area contributed by atoms with Crippen LogP contribution in [0.15, 0.2) is 66.7 Å². The fourth-order valence-electron chi connectivity index (χ4n) is 2.53. The molecule has 1 N–H and O–H groups in total. The number of para-hydroxylation sites is 1. The third kappa shape index (κ3) is 3.67. The Kier molecular flexibility index (Phi) is 4.27. The number of fused-ring (bicyclic) bond motifs is 1. The molecule has 1 heterocycles. The number of nitrogens with one attached hydrogen (secondary N) is 1. The minimum absolute atomic E-state index is 0.431. The molecule has 1 aromatic heterocycles. The lowest BCUT2D eigenvalue weighted by atomic mass is 10.1. The van der Waals surface area contributed by atoms with Crippen molar-refractivity contribution in [2.45, 2.75) is 25.9 Å². The average Bonchev–Trinajstić information content (AvgIpc) is 2.54. The van der Waals surface area contributed by atoms with E-state index in [4.69, 9.17) is 4.98 Å². The second-order valence-electron chi connectivity index (χ2n) is 5.47.